The summed E-state index contributed by atoms with van der Waals surface area (Å²) in [4.78, 5) is 18.8. The minimum Gasteiger partial charge on any atom is -0.353 e. The second-order valence-electron chi connectivity index (χ2n) is 7.34. The van der Waals surface area contributed by atoms with Gasteiger partial charge in [-0.05, 0) is 57.7 Å². The normalized spacial score (nSPS) is 22.3. The molecule has 1 fully saturated rings. The van der Waals surface area contributed by atoms with Gasteiger partial charge in [0.25, 0.3) is 0 Å². The molecule has 0 saturated carbocycles. The average Bonchev–Trinajstić information content (AvgIpc) is 3.16. The van der Waals surface area contributed by atoms with Gasteiger partial charge in [-0.1, -0.05) is 28.1 Å². The maximum atomic E-state index is 13.0. The second-order valence-corrected chi connectivity index (χ2v) is 8.26. The Morgan fingerprint density at radius 3 is 2.64 bits per heavy atom. The first-order valence-electron chi connectivity index (χ1n) is 8.53. The molecule has 5 nitrogen and oxygen atoms in total. The number of rotatable bonds is 4. The summed E-state index contributed by atoms with van der Waals surface area (Å²) in [5.41, 5.74) is 0.324. The predicted octanol–water partition coefficient (Wildman–Crippen LogP) is 4.46. The van der Waals surface area contributed by atoms with Crippen LogP contribution in [0, 0.1) is 0 Å². The third-order valence-electron chi connectivity index (χ3n) is 4.75. The molecule has 0 aliphatic carbocycles. The zero-order valence-electron chi connectivity index (χ0n) is 14.9. The quantitative estimate of drug-likeness (QED) is 0.753. The van der Waals surface area contributed by atoms with Crippen molar-refractivity contribution < 1.29 is 9.53 Å². The molecule has 1 amide bonds. The number of hydrogen-bond acceptors (Lipinski definition) is 3. The number of carbonyl (C=O) groups is 1. The Morgan fingerprint density at radius 1 is 1.28 bits per heavy atom. The molecule has 1 aromatic heterocycles. The molecular formula is C19H24BrN3O2. The topological polar surface area (TPSA) is 47.4 Å². The summed E-state index contributed by atoms with van der Waals surface area (Å²) < 4.78 is 8.71. The van der Waals surface area contributed by atoms with Crippen LogP contribution in [-0.2, 0) is 11.2 Å². The highest BCUT2D eigenvalue weighted by Gasteiger charge is 2.51. The lowest BCUT2D eigenvalue weighted by Crippen LogP contribution is -2.55. The van der Waals surface area contributed by atoms with Crippen LogP contribution in [0.2, 0.25) is 0 Å². The first-order valence-corrected chi connectivity index (χ1v) is 9.32. The number of aromatic nitrogens is 2. The van der Waals surface area contributed by atoms with Gasteiger partial charge in [-0.3, -0.25) is 9.47 Å². The van der Waals surface area contributed by atoms with Gasteiger partial charge in [0.15, 0.2) is 0 Å². The maximum absolute atomic E-state index is 13.0. The highest BCUT2D eigenvalue weighted by Crippen LogP contribution is 2.38. The molecule has 134 valence electrons. The molecule has 1 atom stereocenters. The summed E-state index contributed by atoms with van der Waals surface area (Å²) in [7, 11) is 0. The van der Waals surface area contributed by atoms with Crippen molar-refractivity contribution in [1.29, 1.82) is 0 Å². The number of halogens is 1. The number of aryl methyl sites for hydroxylation is 1. The predicted molar refractivity (Wildman–Crippen MR) is 100 cm³/mol. The van der Waals surface area contributed by atoms with Crippen LogP contribution in [0.25, 0.3) is 0 Å². The molecule has 0 radical (unpaired) electrons. The number of imidazole rings is 1. The van der Waals surface area contributed by atoms with Gasteiger partial charge in [-0.2, -0.15) is 0 Å². The molecule has 1 unspecified atom stereocenters. The van der Waals surface area contributed by atoms with Crippen LogP contribution in [0.3, 0.4) is 0 Å². The summed E-state index contributed by atoms with van der Waals surface area (Å²) in [6.07, 6.45) is 7.53. The van der Waals surface area contributed by atoms with Crippen LogP contribution in [0.1, 0.15) is 39.2 Å². The molecular weight excluding hydrogens is 382 g/mol. The van der Waals surface area contributed by atoms with E-state index in [0.29, 0.717) is 6.61 Å². The van der Waals surface area contributed by atoms with Crippen LogP contribution >= 0.6 is 15.9 Å². The lowest BCUT2D eigenvalue weighted by Gasteiger charge is -2.39. The smallest absolute Gasteiger partial charge is 0.332 e. The molecule has 6 heteroatoms. The molecule has 2 aromatic rings. The fourth-order valence-electron chi connectivity index (χ4n) is 3.51. The Bertz CT molecular complexity index is 728. The molecule has 1 aromatic carbocycles. The molecule has 25 heavy (non-hydrogen) atoms. The van der Waals surface area contributed by atoms with Gasteiger partial charge in [0.2, 0.25) is 0 Å². The number of nitrogens with zero attached hydrogens (tertiary/aromatic N) is 3. The Balaban J connectivity index is 1.71. The number of amides is 1. The molecule has 0 bridgehead atoms. The van der Waals surface area contributed by atoms with E-state index in [1.807, 2.05) is 25.7 Å². The molecule has 2 heterocycles. The largest absolute Gasteiger partial charge is 0.353 e. The molecule has 1 saturated heterocycles. The number of benzene rings is 1. The molecule has 1 aliphatic heterocycles. The highest BCUT2D eigenvalue weighted by atomic mass is 79.9. The Morgan fingerprint density at radius 2 is 2.00 bits per heavy atom. The summed E-state index contributed by atoms with van der Waals surface area (Å²) in [6.45, 7) is 6.63. The third-order valence-corrected chi connectivity index (χ3v) is 5.28. The number of ether oxygens (including phenoxy) is 1. The minimum atomic E-state index is -0.611. The van der Waals surface area contributed by atoms with E-state index >= 15 is 0 Å². The van der Waals surface area contributed by atoms with E-state index in [4.69, 9.17) is 4.74 Å². The van der Waals surface area contributed by atoms with Crippen LogP contribution in [0.4, 0.5) is 4.79 Å². The van der Waals surface area contributed by atoms with E-state index in [-0.39, 0.29) is 11.6 Å². The van der Waals surface area contributed by atoms with Crippen LogP contribution < -0.4 is 0 Å². The van der Waals surface area contributed by atoms with Gasteiger partial charge in [-0.15, -0.1) is 0 Å². The van der Waals surface area contributed by atoms with E-state index in [9.17, 15) is 4.79 Å². The zero-order valence-corrected chi connectivity index (χ0v) is 16.5. The Kier molecular flexibility index (Phi) is 5.02. The Hall–Kier alpha value is -1.66. The lowest BCUT2D eigenvalue weighted by atomic mass is 9.99. The van der Waals surface area contributed by atoms with Gasteiger partial charge in [0, 0.05) is 16.9 Å². The first-order chi connectivity index (χ1) is 11.8. The van der Waals surface area contributed by atoms with Crippen molar-refractivity contribution in [2.24, 2.45) is 0 Å². The molecule has 0 N–H and O–H groups in total. The molecule has 0 spiro atoms. The van der Waals surface area contributed by atoms with Crippen LogP contribution in [0.15, 0.2) is 47.5 Å². The summed E-state index contributed by atoms with van der Waals surface area (Å²) >= 11 is 3.46. The van der Waals surface area contributed by atoms with Crippen molar-refractivity contribution >= 4 is 22.0 Å². The van der Waals surface area contributed by atoms with E-state index in [1.54, 1.807) is 18.7 Å². The molecule has 1 aliphatic rings. The van der Waals surface area contributed by atoms with E-state index in [2.05, 4.69) is 45.2 Å². The zero-order chi connectivity index (χ0) is 18.1. The van der Waals surface area contributed by atoms with Crippen molar-refractivity contribution in [2.75, 3.05) is 6.61 Å². The van der Waals surface area contributed by atoms with Gasteiger partial charge in [-0.25, -0.2) is 9.78 Å². The van der Waals surface area contributed by atoms with Gasteiger partial charge in [0.1, 0.15) is 12.1 Å². The van der Waals surface area contributed by atoms with Gasteiger partial charge >= 0.3 is 6.03 Å². The van der Waals surface area contributed by atoms with Crippen molar-refractivity contribution in [3.05, 3.63) is 53.0 Å². The average molecular weight is 406 g/mol. The van der Waals surface area contributed by atoms with Crippen molar-refractivity contribution in [3.8, 4) is 0 Å². The van der Waals surface area contributed by atoms with Crippen LogP contribution in [-0.4, -0.2) is 38.4 Å². The van der Waals surface area contributed by atoms with E-state index < -0.39 is 5.72 Å². The van der Waals surface area contributed by atoms with E-state index in [0.717, 1.165) is 23.7 Å². The summed E-state index contributed by atoms with van der Waals surface area (Å²) in [5, 5.41) is 0. The summed E-state index contributed by atoms with van der Waals surface area (Å²) in [6, 6.07) is 8.27. The fraction of sp³-hybridized carbons (Fsp3) is 0.474. The molecule has 3 rings (SSSR count). The van der Waals surface area contributed by atoms with Crippen molar-refractivity contribution in [3.63, 3.8) is 0 Å². The van der Waals surface area contributed by atoms with Gasteiger partial charge < -0.3 is 4.74 Å². The van der Waals surface area contributed by atoms with Crippen molar-refractivity contribution in [2.45, 2.75) is 51.3 Å². The van der Waals surface area contributed by atoms with Crippen LogP contribution in [0.5, 0.6) is 0 Å². The maximum Gasteiger partial charge on any atom is 0.332 e. The SMILES string of the molecule is CC1(C)COC(C)(CCCc2ccc(Br)cc2)N1C(=O)n1ccnc1. The minimum absolute atomic E-state index is 0.0915. The van der Waals surface area contributed by atoms with Gasteiger partial charge in [0.05, 0.1) is 12.1 Å². The first kappa shape index (κ1) is 18.1. The third kappa shape index (κ3) is 3.80. The number of hydrogen-bond donors (Lipinski definition) is 0. The second kappa shape index (κ2) is 6.92. The summed E-state index contributed by atoms with van der Waals surface area (Å²) in [5.74, 6) is 0. The highest BCUT2D eigenvalue weighted by molar-refractivity contribution is 9.10. The fourth-order valence-corrected chi connectivity index (χ4v) is 3.77. The standard InChI is InChI=1S/C19H24BrN3O2/c1-18(2)13-25-19(3,23(18)17(24)22-12-11-21-14-22)10-4-5-15-6-8-16(20)9-7-15/h6-9,11-12,14H,4-5,10,13H2,1-3H3. The van der Waals surface area contributed by atoms with E-state index in [1.165, 1.54) is 10.1 Å². The monoisotopic (exact) mass is 405 g/mol. The Labute approximate surface area is 157 Å². The number of carbonyl (C=O) groups excluding carboxylic acids is 1. The lowest BCUT2D eigenvalue weighted by molar-refractivity contribution is -0.0587. The van der Waals surface area contributed by atoms with Crippen molar-refractivity contribution in [1.82, 2.24) is 14.5 Å².